The van der Waals surface area contributed by atoms with Gasteiger partial charge in [0.15, 0.2) is 11.6 Å². The van der Waals surface area contributed by atoms with Crippen molar-refractivity contribution in [3.63, 3.8) is 0 Å². The van der Waals surface area contributed by atoms with E-state index in [-0.39, 0.29) is 30.5 Å². The van der Waals surface area contributed by atoms with Crippen LogP contribution in [-0.2, 0) is 34.5 Å². The average molecular weight is 858 g/mol. The van der Waals surface area contributed by atoms with E-state index in [1.165, 1.54) is 0 Å². The number of ether oxygens (including phenoxy) is 1. The van der Waals surface area contributed by atoms with Crippen molar-refractivity contribution in [3.05, 3.63) is 122 Å². The molecule has 2 aromatic carbocycles. The van der Waals surface area contributed by atoms with E-state index in [0.717, 1.165) is 74.0 Å². The summed E-state index contributed by atoms with van der Waals surface area (Å²) in [5, 5.41) is 30.4. The van der Waals surface area contributed by atoms with E-state index in [9.17, 15) is 14.7 Å². The van der Waals surface area contributed by atoms with Crippen molar-refractivity contribution < 1.29 is 19.4 Å². The number of benzene rings is 2. The standard InChI is InChI=1S/C47H47N13O4/c1-30(29-64-3)56-44(61)28-59-26-41(21-54-59)37-15-50-46(51-16-37)36-12-31(11-35(14-36)39-19-52-57(2)24-39)23-58-25-40(20-53-58)33-5-4-6-34(13-33)45-48-17-38(18-49-45)42-22-55-60(27-42)43-9-7-32(8-10-43)47(62)63/h4-6,11-22,24-27,30,32,43H,7-10,23,28-29H2,1-3H3,(H,56,61)(H,62,63). The van der Waals surface area contributed by atoms with E-state index in [2.05, 4.69) is 44.9 Å². The summed E-state index contributed by atoms with van der Waals surface area (Å²) in [7, 11) is 3.49. The van der Waals surface area contributed by atoms with Crippen LogP contribution in [0.3, 0.4) is 0 Å². The number of nitrogens with zero attached hydrogens (tertiary/aromatic N) is 12. The Kier molecular flexibility index (Phi) is 12.0. The molecule has 324 valence electrons. The lowest BCUT2D eigenvalue weighted by atomic mass is 9.86. The summed E-state index contributed by atoms with van der Waals surface area (Å²) in [5.74, 6) is 0.0494. The van der Waals surface area contributed by atoms with Gasteiger partial charge in [-0.15, -0.1) is 0 Å². The Morgan fingerprint density at radius 1 is 0.672 bits per heavy atom. The first-order valence-corrected chi connectivity index (χ1v) is 21.1. The zero-order chi connectivity index (χ0) is 44.2. The van der Waals surface area contributed by atoms with Gasteiger partial charge in [0, 0.05) is 114 Å². The van der Waals surface area contributed by atoms with Crippen LogP contribution in [-0.4, -0.2) is 95.8 Å². The Hall–Kier alpha value is -7.66. The lowest BCUT2D eigenvalue weighted by Crippen LogP contribution is -2.37. The molecular weight excluding hydrogens is 811 g/mol. The first kappa shape index (κ1) is 41.7. The van der Waals surface area contributed by atoms with E-state index in [1.807, 2.05) is 91.1 Å². The van der Waals surface area contributed by atoms with E-state index in [1.54, 1.807) is 41.3 Å². The molecule has 6 heterocycles. The van der Waals surface area contributed by atoms with Crippen molar-refractivity contribution in [2.24, 2.45) is 13.0 Å². The number of hydrogen-bond donors (Lipinski definition) is 2. The van der Waals surface area contributed by atoms with Gasteiger partial charge in [0.2, 0.25) is 5.91 Å². The number of carbonyl (C=O) groups excluding carboxylic acids is 1. The molecule has 8 aromatic rings. The molecule has 64 heavy (non-hydrogen) atoms. The van der Waals surface area contributed by atoms with E-state index in [0.29, 0.717) is 37.6 Å². The highest BCUT2D eigenvalue weighted by Crippen LogP contribution is 2.34. The van der Waals surface area contributed by atoms with E-state index >= 15 is 0 Å². The summed E-state index contributed by atoms with van der Waals surface area (Å²) >= 11 is 0. The number of nitrogens with one attached hydrogen (secondary N) is 1. The van der Waals surface area contributed by atoms with Gasteiger partial charge in [-0.3, -0.25) is 28.3 Å². The summed E-state index contributed by atoms with van der Waals surface area (Å²) < 4.78 is 12.3. The highest BCUT2D eigenvalue weighted by atomic mass is 16.5. The SMILES string of the molecule is COCC(C)NC(=O)Cn1cc(-c2cnc(-c3cc(Cn4cc(-c5cccc(-c6ncc(-c7cnn(C8CCC(C(=O)O)CC8)c7)cn6)c5)cn4)cc(-c4cnn(C)c4)c3)nc2)cn1. The second-order valence-corrected chi connectivity index (χ2v) is 16.3. The van der Waals surface area contributed by atoms with Gasteiger partial charge in [-0.1, -0.05) is 18.2 Å². The molecule has 1 saturated carbocycles. The third-order valence-corrected chi connectivity index (χ3v) is 11.5. The predicted molar refractivity (Wildman–Crippen MR) is 238 cm³/mol. The number of aryl methyl sites for hydroxylation is 1. The molecule has 17 nitrogen and oxygen atoms in total. The second-order valence-electron chi connectivity index (χ2n) is 16.3. The molecule has 6 aromatic heterocycles. The van der Waals surface area contributed by atoms with Crippen LogP contribution in [0, 0.1) is 5.92 Å². The number of aliphatic carboxylic acids is 1. The number of carbonyl (C=O) groups is 2. The van der Waals surface area contributed by atoms with Crippen LogP contribution in [0.2, 0.25) is 0 Å². The molecule has 1 amide bonds. The zero-order valence-corrected chi connectivity index (χ0v) is 35.7. The molecule has 9 rings (SSSR count). The third-order valence-electron chi connectivity index (χ3n) is 11.5. The molecule has 0 radical (unpaired) electrons. The molecule has 1 unspecified atom stereocenters. The average Bonchev–Trinajstić information content (AvgIpc) is 4.16. The minimum atomic E-state index is -0.708. The monoisotopic (exact) mass is 857 g/mol. The number of carboxylic acid groups (broad SMARTS) is 1. The highest BCUT2D eigenvalue weighted by Gasteiger charge is 2.27. The molecular formula is C47H47N13O4. The van der Waals surface area contributed by atoms with Crippen molar-refractivity contribution in [3.8, 4) is 67.3 Å². The maximum atomic E-state index is 12.5. The molecule has 1 fully saturated rings. The summed E-state index contributed by atoms with van der Waals surface area (Å²) in [6.07, 6.45) is 25.1. The normalized spacial score (nSPS) is 15.5. The van der Waals surface area contributed by atoms with Crippen molar-refractivity contribution in [1.82, 2.24) is 64.4 Å². The van der Waals surface area contributed by atoms with Crippen LogP contribution < -0.4 is 5.32 Å². The van der Waals surface area contributed by atoms with Crippen molar-refractivity contribution >= 4 is 11.9 Å². The molecule has 0 bridgehead atoms. The second kappa shape index (κ2) is 18.4. The zero-order valence-electron chi connectivity index (χ0n) is 35.7. The number of carboxylic acids is 1. The third kappa shape index (κ3) is 9.53. The fraction of sp³-hybridized carbons (Fsp3) is 0.277. The highest BCUT2D eigenvalue weighted by molar-refractivity contribution is 5.76. The molecule has 1 aliphatic rings. The Labute approximate surface area is 368 Å². The molecule has 17 heteroatoms. The summed E-state index contributed by atoms with van der Waals surface area (Å²) in [6, 6.07) is 14.5. The quantitative estimate of drug-likeness (QED) is 0.112. The molecule has 1 atom stereocenters. The number of aromatic nitrogens is 12. The smallest absolute Gasteiger partial charge is 0.306 e. The van der Waals surface area contributed by atoms with Gasteiger partial charge >= 0.3 is 5.97 Å². The van der Waals surface area contributed by atoms with Crippen molar-refractivity contribution in [2.45, 2.75) is 57.8 Å². The fourth-order valence-electron chi connectivity index (χ4n) is 8.16. The van der Waals surface area contributed by atoms with Gasteiger partial charge in [-0.25, -0.2) is 19.9 Å². The van der Waals surface area contributed by atoms with Crippen molar-refractivity contribution in [2.75, 3.05) is 13.7 Å². The summed E-state index contributed by atoms with van der Waals surface area (Å²) in [5.41, 5.74) is 9.99. The molecule has 0 aliphatic heterocycles. The fourth-order valence-corrected chi connectivity index (χ4v) is 8.16. The Bertz CT molecular complexity index is 2890. The van der Waals surface area contributed by atoms with Gasteiger partial charge in [-0.2, -0.15) is 20.4 Å². The maximum absolute atomic E-state index is 12.5. The maximum Gasteiger partial charge on any atom is 0.306 e. The minimum absolute atomic E-state index is 0.0862. The molecule has 1 aliphatic carbocycles. The van der Waals surface area contributed by atoms with Crippen LogP contribution in [0.25, 0.3) is 67.3 Å². The van der Waals surface area contributed by atoms with Crippen LogP contribution in [0.4, 0.5) is 0 Å². The summed E-state index contributed by atoms with van der Waals surface area (Å²) in [4.78, 5) is 42.8. The molecule has 0 spiro atoms. The van der Waals surface area contributed by atoms with Gasteiger partial charge in [0.1, 0.15) is 6.54 Å². The van der Waals surface area contributed by atoms with Gasteiger partial charge in [0.05, 0.1) is 49.9 Å². The van der Waals surface area contributed by atoms with Gasteiger partial charge < -0.3 is 15.2 Å². The molecule has 2 N–H and O–H groups in total. The van der Waals surface area contributed by atoms with Gasteiger partial charge in [-0.05, 0) is 73.6 Å². The van der Waals surface area contributed by atoms with Crippen LogP contribution >= 0.6 is 0 Å². The van der Waals surface area contributed by atoms with Crippen LogP contribution in [0.5, 0.6) is 0 Å². The number of methoxy groups -OCH3 is 1. The van der Waals surface area contributed by atoms with E-state index in [4.69, 9.17) is 29.8 Å². The Balaban J connectivity index is 0.889. The first-order valence-electron chi connectivity index (χ1n) is 21.1. The topological polar surface area (TPSA) is 198 Å². The minimum Gasteiger partial charge on any atom is -0.481 e. The Morgan fingerprint density at radius 3 is 1.94 bits per heavy atom. The number of hydrogen-bond acceptors (Lipinski definition) is 11. The van der Waals surface area contributed by atoms with E-state index < -0.39 is 5.97 Å². The largest absolute Gasteiger partial charge is 0.481 e. The number of amides is 1. The lowest BCUT2D eigenvalue weighted by Gasteiger charge is -2.26. The Morgan fingerprint density at radius 2 is 1.25 bits per heavy atom. The summed E-state index contributed by atoms with van der Waals surface area (Å²) in [6.45, 7) is 2.90. The van der Waals surface area contributed by atoms with Crippen LogP contribution in [0.1, 0.15) is 44.2 Å². The van der Waals surface area contributed by atoms with Gasteiger partial charge in [0.25, 0.3) is 0 Å². The number of rotatable bonds is 15. The lowest BCUT2D eigenvalue weighted by molar-refractivity contribution is -0.143. The predicted octanol–water partition coefficient (Wildman–Crippen LogP) is 6.61. The van der Waals surface area contributed by atoms with Crippen molar-refractivity contribution in [1.29, 1.82) is 0 Å². The first-order chi connectivity index (χ1) is 31.1. The van der Waals surface area contributed by atoms with Crippen LogP contribution in [0.15, 0.2) is 117 Å². The molecule has 0 saturated heterocycles.